The summed E-state index contributed by atoms with van der Waals surface area (Å²) in [5, 5.41) is 6.86. The molecule has 1 atom stereocenters. The molecule has 0 aromatic rings. The molecule has 0 radical (unpaired) electrons. The van der Waals surface area contributed by atoms with Crippen molar-refractivity contribution in [1.82, 2.24) is 10.6 Å². The zero-order chi connectivity index (χ0) is 12.5. The molecule has 0 bridgehead atoms. The Kier molecular flexibility index (Phi) is 6.67. The molecule has 98 valence electrons. The van der Waals surface area contributed by atoms with E-state index in [0.29, 0.717) is 11.8 Å². The SMILES string of the molecule is C=C(C)/C=C\C(=C)OCCC[C@@H]1CNCCN1.[HH]. The second kappa shape index (κ2) is 8.09. The third-order valence-corrected chi connectivity index (χ3v) is 2.66. The zero-order valence-corrected chi connectivity index (χ0v) is 10.8. The van der Waals surface area contributed by atoms with Crippen molar-refractivity contribution in [3.05, 3.63) is 36.6 Å². The van der Waals surface area contributed by atoms with Crippen LogP contribution >= 0.6 is 0 Å². The fourth-order valence-electron chi connectivity index (χ4n) is 1.73. The molecule has 0 aromatic heterocycles. The smallest absolute Gasteiger partial charge is 0.112 e. The van der Waals surface area contributed by atoms with Gasteiger partial charge in [0.1, 0.15) is 5.76 Å². The highest BCUT2D eigenvalue weighted by Crippen LogP contribution is 2.04. The summed E-state index contributed by atoms with van der Waals surface area (Å²) in [6.45, 7) is 13.5. The van der Waals surface area contributed by atoms with Crippen LogP contribution in [-0.2, 0) is 4.74 Å². The van der Waals surface area contributed by atoms with E-state index < -0.39 is 0 Å². The molecule has 0 aliphatic carbocycles. The first kappa shape index (κ1) is 14.0. The number of hydrogen-bond donors (Lipinski definition) is 2. The van der Waals surface area contributed by atoms with Crippen LogP contribution in [0.4, 0.5) is 0 Å². The molecular weight excluding hydrogens is 212 g/mol. The first-order valence-electron chi connectivity index (χ1n) is 6.28. The van der Waals surface area contributed by atoms with Crippen molar-refractivity contribution in [3.8, 4) is 0 Å². The Hall–Kier alpha value is -1.06. The van der Waals surface area contributed by atoms with E-state index in [2.05, 4.69) is 23.8 Å². The van der Waals surface area contributed by atoms with Crippen molar-refractivity contribution in [2.24, 2.45) is 0 Å². The molecule has 17 heavy (non-hydrogen) atoms. The van der Waals surface area contributed by atoms with E-state index in [9.17, 15) is 0 Å². The maximum atomic E-state index is 5.51. The summed E-state index contributed by atoms with van der Waals surface area (Å²) >= 11 is 0. The number of allylic oxidation sites excluding steroid dienone is 3. The molecule has 1 fully saturated rings. The maximum Gasteiger partial charge on any atom is 0.112 e. The van der Waals surface area contributed by atoms with Crippen LogP contribution in [0.3, 0.4) is 0 Å². The fraction of sp³-hybridized carbons (Fsp3) is 0.571. The number of nitrogens with one attached hydrogen (secondary N) is 2. The summed E-state index contributed by atoms with van der Waals surface area (Å²) in [6, 6.07) is 0.589. The maximum absolute atomic E-state index is 5.51. The highest BCUT2D eigenvalue weighted by molar-refractivity contribution is 5.19. The Morgan fingerprint density at radius 3 is 2.88 bits per heavy atom. The summed E-state index contributed by atoms with van der Waals surface area (Å²) in [5.41, 5.74) is 1.01. The largest absolute Gasteiger partial charge is 0.494 e. The number of piperazine rings is 1. The van der Waals surface area contributed by atoms with Crippen LogP contribution in [0.5, 0.6) is 0 Å². The Balaban J connectivity index is 0.00000289. The van der Waals surface area contributed by atoms with Gasteiger partial charge in [0.15, 0.2) is 0 Å². The molecule has 0 spiro atoms. The van der Waals surface area contributed by atoms with Gasteiger partial charge in [-0.2, -0.15) is 0 Å². The average Bonchev–Trinajstić information content (AvgIpc) is 2.33. The van der Waals surface area contributed by atoms with Crippen molar-refractivity contribution in [2.75, 3.05) is 26.2 Å². The van der Waals surface area contributed by atoms with Crippen LogP contribution < -0.4 is 10.6 Å². The van der Waals surface area contributed by atoms with Gasteiger partial charge in [-0.1, -0.05) is 24.8 Å². The molecule has 1 rings (SSSR count). The fourth-order valence-corrected chi connectivity index (χ4v) is 1.73. The van der Waals surface area contributed by atoms with Gasteiger partial charge in [0, 0.05) is 27.1 Å². The highest BCUT2D eigenvalue weighted by atomic mass is 16.5. The van der Waals surface area contributed by atoms with E-state index in [0.717, 1.165) is 44.7 Å². The van der Waals surface area contributed by atoms with Gasteiger partial charge in [0.2, 0.25) is 0 Å². The molecule has 0 saturated carbocycles. The predicted molar refractivity (Wildman–Crippen MR) is 75.1 cm³/mol. The Bertz CT molecular complexity index is 284. The Labute approximate surface area is 106 Å². The van der Waals surface area contributed by atoms with E-state index in [1.165, 1.54) is 0 Å². The summed E-state index contributed by atoms with van der Waals surface area (Å²) in [5.74, 6) is 0.711. The minimum atomic E-state index is 0. The van der Waals surface area contributed by atoms with Gasteiger partial charge in [0.05, 0.1) is 6.61 Å². The van der Waals surface area contributed by atoms with Crippen molar-refractivity contribution < 1.29 is 6.16 Å². The zero-order valence-electron chi connectivity index (χ0n) is 10.8. The van der Waals surface area contributed by atoms with Crippen molar-refractivity contribution in [2.45, 2.75) is 25.8 Å². The molecule has 0 amide bonds. The number of rotatable bonds is 7. The summed E-state index contributed by atoms with van der Waals surface area (Å²) < 4.78 is 5.51. The second-order valence-corrected chi connectivity index (χ2v) is 4.49. The Morgan fingerprint density at radius 1 is 1.41 bits per heavy atom. The minimum absolute atomic E-state index is 0. The van der Waals surface area contributed by atoms with Crippen molar-refractivity contribution in [3.63, 3.8) is 0 Å². The minimum Gasteiger partial charge on any atom is -0.494 e. The summed E-state index contributed by atoms with van der Waals surface area (Å²) in [7, 11) is 0. The third kappa shape index (κ3) is 6.97. The van der Waals surface area contributed by atoms with E-state index >= 15 is 0 Å². The van der Waals surface area contributed by atoms with Crippen LogP contribution in [0.15, 0.2) is 36.6 Å². The molecule has 2 N–H and O–H groups in total. The van der Waals surface area contributed by atoms with E-state index in [4.69, 9.17) is 4.74 Å². The van der Waals surface area contributed by atoms with Gasteiger partial charge >= 0.3 is 0 Å². The molecule has 1 aliphatic rings. The molecular formula is C14H26N2O. The molecule has 3 nitrogen and oxygen atoms in total. The van der Waals surface area contributed by atoms with Crippen LogP contribution in [0.25, 0.3) is 0 Å². The molecule has 0 unspecified atom stereocenters. The van der Waals surface area contributed by atoms with Crippen molar-refractivity contribution in [1.29, 1.82) is 0 Å². The lowest BCUT2D eigenvalue weighted by atomic mass is 10.1. The quantitative estimate of drug-likeness (QED) is 0.405. The molecule has 1 heterocycles. The standard InChI is InChI=1S/C14H24N2O.H2/c1-12(2)6-7-13(3)17-10-4-5-14-11-15-8-9-16-14;/h6-7,14-16H,1,3-5,8-11H2,2H3;1H/b7-6-;/t14-;/m1./s1. The van der Waals surface area contributed by atoms with Gasteiger partial charge in [0.25, 0.3) is 0 Å². The average molecular weight is 238 g/mol. The molecule has 3 heteroatoms. The van der Waals surface area contributed by atoms with Gasteiger partial charge in [-0.25, -0.2) is 0 Å². The number of hydrogen-bond acceptors (Lipinski definition) is 3. The third-order valence-electron chi connectivity index (χ3n) is 2.66. The van der Waals surface area contributed by atoms with E-state index in [-0.39, 0.29) is 1.43 Å². The number of ether oxygens (including phenoxy) is 1. The van der Waals surface area contributed by atoms with Crippen molar-refractivity contribution >= 4 is 0 Å². The van der Waals surface area contributed by atoms with Crippen LogP contribution in [-0.4, -0.2) is 32.3 Å². The lowest BCUT2D eigenvalue weighted by Crippen LogP contribution is -2.48. The van der Waals surface area contributed by atoms with Gasteiger partial charge in [-0.05, 0) is 25.8 Å². The first-order chi connectivity index (χ1) is 8.18. The molecule has 1 aliphatic heterocycles. The highest BCUT2D eigenvalue weighted by Gasteiger charge is 2.10. The normalized spacial score (nSPS) is 20.4. The lowest BCUT2D eigenvalue weighted by Gasteiger charge is -2.24. The van der Waals surface area contributed by atoms with Gasteiger partial charge in [-0.15, -0.1) is 0 Å². The van der Waals surface area contributed by atoms with Crippen LogP contribution in [0, 0.1) is 0 Å². The van der Waals surface area contributed by atoms with Gasteiger partial charge in [-0.3, -0.25) is 0 Å². The van der Waals surface area contributed by atoms with Crippen LogP contribution in [0.2, 0.25) is 0 Å². The topological polar surface area (TPSA) is 33.3 Å². The summed E-state index contributed by atoms with van der Waals surface area (Å²) in [6.07, 6.45) is 5.97. The monoisotopic (exact) mass is 238 g/mol. The van der Waals surface area contributed by atoms with E-state index in [1.807, 2.05) is 19.1 Å². The first-order valence-corrected chi connectivity index (χ1v) is 6.28. The lowest BCUT2D eigenvalue weighted by molar-refractivity contribution is 0.212. The summed E-state index contributed by atoms with van der Waals surface area (Å²) in [4.78, 5) is 0. The van der Waals surface area contributed by atoms with E-state index in [1.54, 1.807) is 0 Å². The Morgan fingerprint density at radius 2 is 2.24 bits per heavy atom. The predicted octanol–water partition coefficient (Wildman–Crippen LogP) is 2.24. The molecule has 0 aromatic carbocycles. The second-order valence-electron chi connectivity index (χ2n) is 4.49. The molecule has 1 saturated heterocycles. The van der Waals surface area contributed by atoms with Gasteiger partial charge < -0.3 is 15.4 Å². The van der Waals surface area contributed by atoms with Crippen LogP contribution in [0.1, 0.15) is 21.2 Å².